The molecule has 1 aliphatic rings. The van der Waals surface area contributed by atoms with Crippen molar-refractivity contribution >= 4 is 12.0 Å². The summed E-state index contributed by atoms with van der Waals surface area (Å²) in [6.07, 6.45) is 5.58. The van der Waals surface area contributed by atoms with Gasteiger partial charge in [-0.3, -0.25) is 9.69 Å². The minimum Gasteiger partial charge on any atom is -0.497 e. The van der Waals surface area contributed by atoms with Crippen LogP contribution in [-0.2, 0) is 9.53 Å². The van der Waals surface area contributed by atoms with Gasteiger partial charge in [0.2, 0.25) is 5.91 Å². The van der Waals surface area contributed by atoms with Gasteiger partial charge in [-0.25, -0.2) is 0 Å². The van der Waals surface area contributed by atoms with Crippen LogP contribution in [0, 0.1) is 0 Å². The molecule has 0 radical (unpaired) electrons. The largest absolute Gasteiger partial charge is 0.497 e. The summed E-state index contributed by atoms with van der Waals surface area (Å²) in [7, 11) is 4.92. The third kappa shape index (κ3) is 5.76. The van der Waals surface area contributed by atoms with Crippen LogP contribution in [0.2, 0.25) is 0 Å². The van der Waals surface area contributed by atoms with Crippen LogP contribution in [0.1, 0.15) is 18.4 Å². The predicted octanol–water partition coefficient (Wildman–Crippen LogP) is 1.94. The molecule has 1 atom stereocenters. The lowest BCUT2D eigenvalue weighted by molar-refractivity contribution is -0.116. The molecule has 1 N–H and O–H groups in total. The zero-order valence-corrected chi connectivity index (χ0v) is 15.3. The van der Waals surface area contributed by atoms with Gasteiger partial charge in [-0.1, -0.05) is 0 Å². The van der Waals surface area contributed by atoms with Gasteiger partial charge < -0.3 is 19.5 Å². The number of amides is 1. The first-order valence-corrected chi connectivity index (χ1v) is 8.59. The third-order valence-electron chi connectivity index (χ3n) is 4.45. The molecule has 0 unspecified atom stereocenters. The Morgan fingerprint density at radius 2 is 2.16 bits per heavy atom. The number of hydrogen-bond acceptors (Lipinski definition) is 5. The van der Waals surface area contributed by atoms with Crippen molar-refractivity contribution < 1.29 is 19.0 Å². The van der Waals surface area contributed by atoms with E-state index in [4.69, 9.17) is 14.2 Å². The van der Waals surface area contributed by atoms with Crippen molar-refractivity contribution in [2.45, 2.75) is 18.9 Å². The van der Waals surface area contributed by atoms with E-state index in [9.17, 15) is 4.79 Å². The summed E-state index contributed by atoms with van der Waals surface area (Å²) in [5.74, 6) is 1.29. The Morgan fingerprint density at radius 1 is 1.32 bits per heavy atom. The summed E-state index contributed by atoms with van der Waals surface area (Å²) in [4.78, 5) is 14.5. The van der Waals surface area contributed by atoms with E-state index >= 15 is 0 Å². The number of benzene rings is 1. The Hall–Kier alpha value is -2.05. The zero-order chi connectivity index (χ0) is 18.1. The lowest BCUT2D eigenvalue weighted by Crippen LogP contribution is -2.41. The summed E-state index contributed by atoms with van der Waals surface area (Å²) in [5, 5.41) is 2.99. The van der Waals surface area contributed by atoms with E-state index in [1.807, 2.05) is 12.1 Å². The lowest BCUT2D eigenvalue weighted by Gasteiger charge is -2.24. The van der Waals surface area contributed by atoms with Gasteiger partial charge in [0.1, 0.15) is 11.5 Å². The molecule has 1 amide bonds. The summed E-state index contributed by atoms with van der Waals surface area (Å²) in [6, 6.07) is 5.89. The number of carbonyl (C=O) groups is 1. The highest BCUT2D eigenvalue weighted by Crippen LogP contribution is 2.25. The highest BCUT2D eigenvalue weighted by Gasteiger charge is 2.23. The number of methoxy groups -OCH3 is 3. The molecule has 1 fully saturated rings. The van der Waals surface area contributed by atoms with Gasteiger partial charge >= 0.3 is 0 Å². The summed E-state index contributed by atoms with van der Waals surface area (Å²) < 4.78 is 15.6. The maximum Gasteiger partial charge on any atom is 0.244 e. The second kappa shape index (κ2) is 10.1. The van der Waals surface area contributed by atoms with Gasteiger partial charge in [0.05, 0.1) is 20.8 Å². The second-order valence-electron chi connectivity index (χ2n) is 6.01. The molecule has 0 aromatic heterocycles. The van der Waals surface area contributed by atoms with Crippen molar-refractivity contribution in [1.29, 1.82) is 0 Å². The van der Waals surface area contributed by atoms with Crippen molar-refractivity contribution in [3.8, 4) is 11.5 Å². The van der Waals surface area contributed by atoms with E-state index in [2.05, 4.69) is 10.2 Å². The first-order chi connectivity index (χ1) is 12.2. The van der Waals surface area contributed by atoms with Gasteiger partial charge in [-0.05, 0) is 37.6 Å². The van der Waals surface area contributed by atoms with Crippen LogP contribution in [0.3, 0.4) is 0 Å². The van der Waals surface area contributed by atoms with E-state index in [0.717, 1.165) is 37.4 Å². The monoisotopic (exact) mass is 348 g/mol. The van der Waals surface area contributed by atoms with Crippen LogP contribution in [0.5, 0.6) is 11.5 Å². The molecule has 1 aliphatic heterocycles. The quantitative estimate of drug-likeness (QED) is 0.691. The molecule has 0 spiro atoms. The van der Waals surface area contributed by atoms with Crippen molar-refractivity contribution in [2.24, 2.45) is 0 Å². The van der Waals surface area contributed by atoms with Crippen molar-refractivity contribution in [3.05, 3.63) is 29.8 Å². The van der Waals surface area contributed by atoms with Crippen molar-refractivity contribution in [1.82, 2.24) is 10.2 Å². The van der Waals surface area contributed by atoms with Gasteiger partial charge in [0.15, 0.2) is 0 Å². The fraction of sp³-hybridized carbons (Fsp3) is 0.526. The Labute approximate surface area is 149 Å². The summed E-state index contributed by atoms with van der Waals surface area (Å²) in [6.45, 7) is 3.37. The Kier molecular flexibility index (Phi) is 7.76. The average molecular weight is 348 g/mol. The first-order valence-electron chi connectivity index (χ1n) is 8.59. The van der Waals surface area contributed by atoms with Gasteiger partial charge in [-0.15, -0.1) is 0 Å². The highest BCUT2D eigenvalue weighted by atomic mass is 16.5. The minimum absolute atomic E-state index is 0.100. The normalized spacial score (nSPS) is 17.8. The van der Waals surface area contributed by atoms with Crippen LogP contribution in [0.4, 0.5) is 0 Å². The fourth-order valence-electron chi connectivity index (χ4n) is 3.03. The second-order valence-corrected chi connectivity index (χ2v) is 6.01. The Morgan fingerprint density at radius 3 is 2.88 bits per heavy atom. The molecule has 2 rings (SSSR count). The standard InChI is InChI=1S/C19H28N2O4/c1-23-12-11-21-10-4-5-16(21)14-20-19(22)9-7-15-6-8-17(24-2)13-18(15)25-3/h6-9,13,16H,4-5,10-12,14H2,1-3H3,(H,20,22)/b9-7+/t16-/m1/s1. The topological polar surface area (TPSA) is 60.0 Å². The SMILES string of the molecule is COCCN1CCC[C@@H]1CNC(=O)/C=C/c1ccc(OC)cc1OC. The molecule has 0 aliphatic carbocycles. The number of ether oxygens (including phenoxy) is 3. The lowest BCUT2D eigenvalue weighted by atomic mass is 10.1. The number of hydrogen-bond donors (Lipinski definition) is 1. The number of likely N-dealkylation sites (tertiary alicyclic amines) is 1. The molecule has 6 heteroatoms. The Balaban J connectivity index is 1.86. The smallest absolute Gasteiger partial charge is 0.244 e. The summed E-state index contributed by atoms with van der Waals surface area (Å²) >= 11 is 0. The van der Waals surface area contributed by atoms with Crippen molar-refractivity contribution in [3.63, 3.8) is 0 Å². The molecule has 1 saturated heterocycles. The predicted molar refractivity (Wildman–Crippen MR) is 98.1 cm³/mol. The van der Waals surface area contributed by atoms with Gasteiger partial charge in [0.25, 0.3) is 0 Å². The molecular weight excluding hydrogens is 320 g/mol. The fourth-order valence-corrected chi connectivity index (χ4v) is 3.03. The maximum atomic E-state index is 12.1. The van der Waals surface area contributed by atoms with Crippen LogP contribution in [-0.4, -0.2) is 64.4 Å². The number of carbonyl (C=O) groups excluding carboxylic acids is 1. The molecule has 1 aromatic rings. The van der Waals surface area contributed by atoms with Gasteiger partial charge in [0, 0.05) is 43.9 Å². The van der Waals surface area contributed by atoms with Crippen molar-refractivity contribution in [2.75, 3.05) is 47.6 Å². The molecule has 1 heterocycles. The van der Waals surface area contributed by atoms with E-state index in [-0.39, 0.29) is 5.91 Å². The number of nitrogens with zero attached hydrogens (tertiary/aromatic N) is 1. The third-order valence-corrected chi connectivity index (χ3v) is 4.45. The van der Waals surface area contributed by atoms with Gasteiger partial charge in [-0.2, -0.15) is 0 Å². The van der Waals surface area contributed by atoms with E-state index in [0.29, 0.717) is 18.3 Å². The molecule has 0 saturated carbocycles. The molecule has 6 nitrogen and oxygen atoms in total. The van der Waals surface area contributed by atoms with Crippen LogP contribution < -0.4 is 14.8 Å². The maximum absolute atomic E-state index is 12.1. The zero-order valence-electron chi connectivity index (χ0n) is 15.3. The van der Waals surface area contributed by atoms with Crippen LogP contribution in [0.15, 0.2) is 24.3 Å². The highest BCUT2D eigenvalue weighted by molar-refractivity contribution is 5.92. The van der Waals surface area contributed by atoms with Crippen LogP contribution >= 0.6 is 0 Å². The number of rotatable bonds is 9. The number of nitrogens with one attached hydrogen (secondary N) is 1. The molecule has 25 heavy (non-hydrogen) atoms. The molecule has 138 valence electrons. The van der Waals surface area contributed by atoms with Crippen LogP contribution in [0.25, 0.3) is 6.08 Å². The average Bonchev–Trinajstić information content (AvgIpc) is 3.10. The summed E-state index contributed by atoms with van der Waals surface area (Å²) in [5.41, 5.74) is 0.834. The Bertz CT molecular complexity index is 589. The minimum atomic E-state index is -0.100. The molecule has 0 bridgehead atoms. The van der Waals surface area contributed by atoms with E-state index in [1.165, 1.54) is 6.42 Å². The van der Waals surface area contributed by atoms with E-state index in [1.54, 1.807) is 39.5 Å². The first kappa shape index (κ1) is 19.3. The molecular formula is C19H28N2O4. The molecule has 1 aromatic carbocycles. The van der Waals surface area contributed by atoms with E-state index < -0.39 is 0 Å².